The Morgan fingerprint density at radius 2 is 2.04 bits per heavy atom. The molecule has 7 heteroatoms. The van der Waals surface area contributed by atoms with E-state index in [4.69, 9.17) is 0 Å². The van der Waals surface area contributed by atoms with Crippen molar-refractivity contribution in [2.24, 2.45) is 4.99 Å². The third-order valence-corrected chi connectivity index (χ3v) is 4.14. The number of nitrogens with one attached hydrogen (secondary N) is 2. The highest BCUT2D eigenvalue weighted by Crippen LogP contribution is 2.18. The zero-order chi connectivity index (χ0) is 16.7. The first kappa shape index (κ1) is 20.7. The molecule has 0 spiro atoms. The molecule has 2 N–H and O–H groups in total. The van der Waals surface area contributed by atoms with Crippen LogP contribution in [0.3, 0.4) is 0 Å². The number of rotatable bonds is 6. The van der Waals surface area contributed by atoms with E-state index in [9.17, 15) is 4.39 Å². The maximum Gasteiger partial charge on any atom is 0.191 e. The van der Waals surface area contributed by atoms with E-state index in [-0.39, 0.29) is 29.8 Å². The van der Waals surface area contributed by atoms with Gasteiger partial charge in [-0.05, 0) is 36.1 Å². The molecule has 0 aliphatic carbocycles. The van der Waals surface area contributed by atoms with E-state index in [1.165, 1.54) is 4.88 Å². The highest BCUT2D eigenvalue weighted by Gasteiger charge is 2.05. The molecular weight excluding hydrogens is 438 g/mol. The van der Waals surface area contributed by atoms with Crippen LogP contribution in [0.25, 0.3) is 0 Å². The lowest BCUT2D eigenvalue weighted by atomic mass is 10.2. The molecule has 1 aromatic heterocycles. The van der Waals surface area contributed by atoms with E-state index in [0.29, 0.717) is 12.2 Å². The maximum atomic E-state index is 14.0. The second kappa shape index (κ2) is 10.5. The number of hydrogen-bond acceptors (Lipinski definition) is 3. The first-order chi connectivity index (χ1) is 11.1. The number of nitrogens with zero attached hydrogens (tertiary/aromatic N) is 2. The second-order valence-electron chi connectivity index (χ2n) is 5.31. The van der Waals surface area contributed by atoms with Crippen LogP contribution in [0.15, 0.2) is 40.7 Å². The molecule has 0 saturated heterocycles. The Hall–Kier alpha value is -1.35. The Morgan fingerprint density at radius 3 is 2.62 bits per heavy atom. The first-order valence-corrected chi connectivity index (χ1v) is 8.48. The molecule has 0 radical (unpaired) electrons. The lowest BCUT2D eigenvalue weighted by Gasteiger charge is -2.14. The van der Waals surface area contributed by atoms with Crippen LogP contribution in [0.4, 0.5) is 10.1 Å². The third-order valence-electron chi connectivity index (χ3n) is 3.27. The minimum absolute atomic E-state index is 0. The standard InChI is InChI=1S/C17H23FN4S.HI/c1-4-19-17(21-12-14-6-5-9-23-14)20-11-13-7-8-16(22(2)3)15(18)10-13;/h5-10H,4,11-12H2,1-3H3,(H2,19,20,21);1H. The van der Waals surface area contributed by atoms with Crippen molar-refractivity contribution in [3.63, 3.8) is 0 Å². The summed E-state index contributed by atoms with van der Waals surface area (Å²) in [5.74, 6) is 0.511. The largest absolute Gasteiger partial charge is 0.375 e. The van der Waals surface area contributed by atoms with Crippen LogP contribution in [0.2, 0.25) is 0 Å². The van der Waals surface area contributed by atoms with Gasteiger partial charge in [-0.15, -0.1) is 35.3 Å². The fourth-order valence-corrected chi connectivity index (χ4v) is 2.75. The van der Waals surface area contributed by atoms with Crippen molar-refractivity contribution in [2.45, 2.75) is 20.0 Å². The van der Waals surface area contributed by atoms with Gasteiger partial charge in [-0.1, -0.05) is 12.1 Å². The van der Waals surface area contributed by atoms with Crippen LogP contribution in [-0.4, -0.2) is 26.6 Å². The summed E-state index contributed by atoms with van der Waals surface area (Å²) in [7, 11) is 3.65. The molecule has 132 valence electrons. The Labute approximate surface area is 164 Å². The van der Waals surface area contributed by atoms with Gasteiger partial charge in [-0.25, -0.2) is 9.38 Å². The van der Waals surface area contributed by atoms with Gasteiger partial charge in [0.2, 0.25) is 0 Å². The van der Waals surface area contributed by atoms with Gasteiger partial charge < -0.3 is 15.5 Å². The van der Waals surface area contributed by atoms with Crippen LogP contribution in [-0.2, 0) is 13.1 Å². The molecule has 0 fully saturated rings. The number of hydrogen-bond donors (Lipinski definition) is 2. The molecule has 0 aliphatic heterocycles. The molecule has 2 rings (SSSR count). The number of thiophene rings is 1. The predicted octanol–water partition coefficient (Wildman–Crippen LogP) is 3.83. The first-order valence-electron chi connectivity index (χ1n) is 7.60. The van der Waals surface area contributed by atoms with Crippen LogP contribution < -0.4 is 15.5 Å². The summed E-state index contributed by atoms with van der Waals surface area (Å²) in [6, 6.07) is 9.34. The molecular formula is C17H24FIN4S. The van der Waals surface area contributed by atoms with Gasteiger partial charge in [0, 0.05) is 25.5 Å². The van der Waals surface area contributed by atoms with Gasteiger partial charge >= 0.3 is 0 Å². The molecule has 1 heterocycles. The second-order valence-corrected chi connectivity index (χ2v) is 6.34. The van der Waals surface area contributed by atoms with Crippen LogP contribution >= 0.6 is 35.3 Å². The maximum absolute atomic E-state index is 14.0. The summed E-state index contributed by atoms with van der Waals surface area (Å²) in [4.78, 5) is 7.52. The average molecular weight is 462 g/mol. The fourth-order valence-electron chi connectivity index (χ4n) is 2.11. The summed E-state index contributed by atoms with van der Waals surface area (Å²) < 4.78 is 14.0. The van der Waals surface area contributed by atoms with Crippen LogP contribution in [0.1, 0.15) is 17.4 Å². The smallest absolute Gasteiger partial charge is 0.191 e. The molecule has 0 amide bonds. The Kier molecular flexibility index (Phi) is 9.05. The van der Waals surface area contributed by atoms with Gasteiger partial charge in [0.05, 0.1) is 18.8 Å². The third kappa shape index (κ3) is 6.27. The zero-order valence-corrected chi connectivity index (χ0v) is 17.3. The van der Waals surface area contributed by atoms with Crippen molar-refractivity contribution in [3.05, 3.63) is 52.0 Å². The summed E-state index contributed by atoms with van der Waals surface area (Å²) in [6.07, 6.45) is 0. The van der Waals surface area contributed by atoms with Crippen molar-refractivity contribution in [3.8, 4) is 0 Å². The molecule has 0 saturated carbocycles. The normalized spacial score (nSPS) is 10.9. The molecule has 24 heavy (non-hydrogen) atoms. The number of benzene rings is 1. The molecule has 4 nitrogen and oxygen atoms in total. The van der Waals surface area contributed by atoms with E-state index in [1.54, 1.807) is 28.4 Å². The number of aliphatic imine (C=N–C) groups is 1. The Morgan fingerprint density at radius 1 is 1.25 bits per heavy atom. The van der Waals surface area contributed by atoms with E-state index < -0.39 is 0 Å². The van der Waals surface area contributed by atoms with E-state index in [1.807, 2.05) is 33.2 Å². The number of guanidine groups is 1. The monoisotopic (exact) mass is 462 g/mol. The van der Waals surface area contributed by atoms with Crippen molar-refractivity contribution >= 4 is 47.0 Å². The molecule has 0 unspecified atom stereocenters. The van der Waals surface area contributed by atoms with Crippen molar-refractivity contribution < 1.29 is 4.39 Å². The van der Waals surface area contributed by atoms with Gasteiger partial charge in [-0.2, -0.15) is 0 Å². The summed E-state index contributed by atoms with van der Waals surface area (Å²) in [5.41, 5.74) is 1.43. The molecule has 2 aromatic rings. The van der Waals surface area contributed by atoms with E-state index in [2.05, 4.69) is 27.1 Å². The fraction of sp³-hybridized carbons (Fsp3) is 0.353. The highest BCUT2D eigenvalue weighted by atomic mass is 127. The lowest BCUT2D eigenvalue weighted by molar-refractivity contribution is 0.624. The minimum atomic E-state index is -0.223. The summed E-state index contributed by atoms with van der Waals surface area (Å²) >= 11 is 1.70. The molecule has 0 bridgehead atoms. The lowest BCUT2D eigenvalue weighted by Crippen LogP contribution is -2.36. The van der Waals surface area contributed by atoms with Gasteiger partial charge in [0.1, 0.15) is 5.82 Å². The van der Waals surface area contributed by atoms with Crippen LogP contribution in [0, 0.1) is 5.82 Å². The average Bonchev–Trinajstić information content (AvgIpc) is 3.03. The minimum Gasteiger partial charge on any atom is -0.375 e. The van der Waals surface area contributed by atoms with Gasteiger partial charge in [0.25, 0.3) is 0 Å². The SMILES string of the molecule is CCNC(=NCc1ccc(N(C)C)c(F)c1)NCc1cccs1.I. The van der Waals surface area contributed by atoms with Crippen molar-refractivity contribution in [2.75, 3.05) is 25.5 Å². The Bertz CT molecular complexity index is 644. The van der Waals surface area contributed by atoms with Crippen molar-refractivity contribution in [1.29, 1.82) is 0 Å². The highest BCUT2D eigenvalue weighted by molar-refractivity contribution is 14.0. The summed E-state index contributed by atoms with van der Waals surface area (Å²) in [6.45, 7) is 3.97. The molecule has 1 aromatic carbocycles. The number of anilines is 1. The number of halogens is 2. The quantitative estimate of drug-likeness (QED) is 0.390. The Balaban J connectivity index is 0.00000288. The predicted molar refractivity (Wildman–Crippen MR) is 112 cm³/mol. The molecule has 0 aliphatic rings. The van der Waals surface area contributed by atoms with Crippen molar-refractivity contribution in [1.82, 2.24) is 10.6 Å². The summed E-state index contributed by atoms with van der Waals surface area (Å²) in [5, 5.41) is 8.54. The van der Waals surface area contributed by atoms with Gasteiger partial charge in [-0.3, -0.25) is 0 Å². The topological polar surface area (TPSA) is 39.7 Å². The van der Waals surface area contributed by atoms with Gasteiger partial charge in [0.15, 0.2) is 5.96 Å². The van der Waals surface area contributed by atoms with Crippen LogP contribution in [0.5, 0.6) is 0 Å². The molecule has 0 atom stereocenters. The van der Waals surface area contributed by atoms with E-state index >= 15 is 0 Å². The van der Waals surface area contributed by atoms with E-state index in [0.717, 1.165) is 24.6 Å². The zero-order valence-electron chi connectivity index (χ0n) is 14.2.